The fourth-order valence-electron chi connectivity index (χ4n) is 3.45. The van der Waals surface area contributed by atoms with Crippen LogP contribution in [-0.4, -0.2) is 48.6 Å². The number of hydrogen-bond donors (Lipinski definition) is 2. The normalized spacial score (nSPS) is 18.0. The van der Waals surface area contributed by atoms with E-state index in [2.05, 4.69) is 27.6 Å². The van der Waals surface area contributed by atoms with Crippen LogP contribution < -0.4 is 10.6 Å². The third-order valence-corrected chi connectivity index (χ3v) is 7.10. The maximum atomic E-state index is 12.9. The molecule has 0 radical (unpaired) electrons. The summed E-state index contributed by atoms with van der Waals surface area (Å²) >= 11 is 0. The number of nitrogens with zero attached hydrogens (tertiary/aromatic N) is 4. The predicted octanol–water partition coefficient (Wildman–Crippen LogP) is 2.32. The third kappa shape index (κ3) is 6.17. The van der Waals surface area contributed by atoms with Crippen LogP contribution in [0, 0.1) is 5.92 Å². The Morgan fingerprint density at radius 1 is 1.20 bits per heavy atom. The van der Waals surface area contributed by atoms with Crippen LogP contribution in [0.5, 0.6) is 0 Å². The molecule has 30 heavy (non-hydrogen) atoms. The van der Waals surface area contributed by atoms with Crippen molar-refractivity contribution in [1.29, 1.82) is 0 Å². The Morgan fingerprint density at radius 2 is 1.90 bits per heavy atom. The minimum atomic E-state index is -3.42. The monoisotopic (exact) mass is 546 g/mol. The third-order valence-electron chi connectivity index (χ3n) is 5.22. The fourth-order valence-corrected chi connectivity index (χ4v) is 5.05. The number of halogens is 1. The summed E-state index contributed by atoms with van der Waals surface area (Å²) in [6.45, 7) is 4.47. The maximum absolute atomic E-state index is 12.9. The highest BCUT2D eigenvalue weighted by Gasteiger charge is 2.28. The molecule has 2 aromatic rings. The summed E-state index contributed by atoms with van der Waals surface area (Å²) < 4.78 is 29.1. The number of nitrogens with one attached hydrogen (secondary N) is 2. The number of sulfonamides is 1. The number of aryl methyl sites for hydroxylation is 1. The van der Waals surface area contributed by atoms with E-state index in [9.17, 15) is 8.42 Å². The lowest BCUT2D eigenvalue weighted by atomic mass is 10.0. The Bertz CT molecular complexity index is 942. The zero-order valence-corrected chi connectivity index (χ0v) is 20.9. The van der Waals surface area contributed by atoms with Gasteiger partial charge in [0.15, 0.2) is 5.96 Å². The molecule has 1 aromatic carbocycles. The van der Waals surface area contributed by atoms with Crippen molar-refractivity contribution >= 4 is 40.0 Å². The number of aliphatic imine (C=N–C) groups is 1. The van der Waals surface area contributed by atoms with Gasteiger partial charge in [0.05, 0.1) is 17.1 Å². The van der Waals surface area contributed by atoms with E-state index in [-0.39, 0.29) is 24.0 Å². The van der Waals surface area contributed by atoms with Crippen LogP contribution in [0.25, 0.3) is 0 Å². The van der Waals surface area contributed by atoms with Crippen LogP contribution in [0.1, 0.15) is 31.0 Å². The topological polar surface area (TPSA) is 91.6 Å². The first-order chi connectivity index (χ1) is 13.9. The first-order valence-electron chi connectivity index (χ1n) is 9.90. The standard InChI is InChI=1S/C20H30N6O2S.HI/c1-16-5-4-12-26(15-16)29(27,28)19-8-6-17(7-9-19)13-22-20(21-2)23-14-18-10-11-24-25(18)3;/h6-11,16H,4-5,12-15H2,1-3H3,(H2,21,22,23);1H. The van der Waals surface area contributed by atoms with Gasteiger partial charge < -0.3 is 10.6 Å². The molecule has 1 aliphatic heterocycles. The van der Waals surface area contributed by atoms with Crippen molar-refractivity contribution in [1.82, 2.24) is 24.7 Å². The van der Waals surface area contributed by atoms with Crippen LogP contribution in [0.2, 0.25) is 0 Å². The lowest BCUT2D eigenvalue weighted by molar-refractivity contribution is 0.281. The average Bonchev–Trinajstić information content (AvgIpc) is 3.13. The zero-order chi connectivity index (χ0) is 20.9. The van der Waals surface area contributed by atoms with E-state index >= 15 is 0 Å². The molecule has 0 spiro atoms. The van der Waals surface area contributed by atoms with Crippen LogP contribution >= 0.6 is 24.0 Å². The lowest BCUT2D eigenvalue weighted by Gasteiger charge is -2.30. The predicted molar refractivity (Wildman–Crippen MR) is 129 cm³/mol. The second kappa shape index (κ2) is 11.1. The summed E-state index contributed by atoms with van der Waals surface area (Å²) in [5.41, 5.74) is 2.04. The van der Waals surface area contributed by atoms with Crippen molar-refractivity contribution in [3.8, 4) is 0 Å². The van der Waals surface area contributed by atoms with Crippen LogP contribution in [0.15, 0.2) is 46.4 Å². The van der Waals surface area contributed by atoms with Crippen molar-refractivity contribution in [2.75, 3.05) is 20.1 Å². The first-order valence-corrected chi connectivity index (χ1v) is 11.3. The molecular weight excluding hydrogens is 515 g/mol. The van der Waals surface area contributed by atoms with Gasteiger partial charge in [0.1, 0.15) is 0 Å². The van der Waals surface area contributed by atoms with E-state index in [4.69, 9.17) is 0 Å². The van der Waals surface area contributed by atoms with Crippen molar-refractivity contribution < 1.29 is 8.42 Å². The van der Waals surface area contributed by atoms with Gasteiger partial charge in [0, 0.05) is 39.9 Å². The molecule has 0 saturated carbocycles. The molecule has 2 N–H and O–H groups in total. The van der Waals surface area contributed by atoms with E-state index in [0.29, 0.717) is 43.0 Å². The molecule has 1 unspecified atom stereocenters. The lowest BCUT2D eigenvalue weighted by Crippen LogP contribution is -2.39. The molecular formula is C20H31IN6O2S. The van der Waals surface area contributed by atoms with Crippen LogP contribution in [0.3, 0.4) is 0 Å². The smallest absolute Gasteiger partial charge is 0.243 e. The average molecular weight is 546 g/mol. The van der Waals surface area contributed by atoms with Gasteiger partial charge in [-0.15, -0.1) is 24.0 Å². The molecule has 1 aromatic heterocycles. The molecule has 1 fully saturated rings. The molecule has 1 aliphatic rings. The SMILES string of the molecule is CN=C(NCc1ccc(S(=O)(=O)N2CCCC(C)C2)cc1)NCc1ccnn1C.I. The molecule has 2 heterocycles. The van der Waals surface area contributed by atoms with E-state index < -0.39 is 10.0 Å². The van der Waals surface area contributed by atoms with E-state index in [1.54, 1.807) is 29.7 Å². The van der Waals surface area contributed by atoms with Gasteiger partial charge in [0.2, 0.25) is 10.0 Å². The van der Waals surface area contributed by atoms with E-state index in [1.807, 2.05) is 29.9 Å². The quantitative estimate of drug-likeness (QED) is 0.330. The first kappa shape index (κ1) is 24.6. The largest absolute Gasteiger partial charge is 0.352 e. The second-order valence-corrected chi connectivity index (χ2v) is 9.42. The summed E-state index contributed by atoms with van der Waals surface area (Å²) in [6.07, 6.45) is 3.77. The fraction of sp³-hybridized carbons (Fsp3) is 0.500. The number of hydrogen-bond acceptors (Lipinski definition) is 4. The van der Waals surface area contributed by atoms with Crippen molar-refractivity contribution in [3.05, 3.63) is 47.8 Å². The Hall–Kier alpha value is -1.66. The minimum Gasteiger partial charge on any atom is -0.352 e. The van der Waals surface area contributed by atoms with Crippen LogP contribution in [0.4, 0.5) is 0 Å². The minimum absolute atomic E-state index is 0. The van der Waals surface area contributed by atoms with Gasteiger partial charge in [-0.25, -0.2) is 8.42 Å². The molecule has 8 nitrogen and oxygen atoms in total. The van der Waals surface area contributed by atoms with Gasteiger partial charge in [-0.1, -0.05) is 19.1 Å². The summed E-state index contributed by atoms with van der Waals surface area (Å²) in [5, 5.41) is 10.6. The van der Waals surface area contributed by atoms with Gasteiger partial charge in [-0.3, -0.25) is 9.67 Å². The molecule has 1 saturated heterocycles. The summed E-state index contributed by atoms with van der Waals surface area (Å²) in [6, 6.07) is 9.03. The number of benzene rings is 1. The van der Waals surface area contributed by atoms with Gasteiger partial charge in [0.25, 0.3) is 0 Å². The zero-order valence-electron chi connectivity index (χ0n) is 17.7. The van der Waals surface area contributed by atoms with Gasteiger partial charge >= 0.3 is 0 Å². The van der Waals surface area contributed by atoms with E-state index in [0.717, 1.165) is 24.1 Å². The number of guanidine groups is 1. The molecule has 1 atom stereocenters. The summed E-state index contributed by atoms with van der Waals surface area (Å²) in [5.74, 6) is 1.08. The molecule has 166 valence electrons. The van der Waals surface area contributed by atoms with Crippen LogP contribution in [-0.2, 0) is 30.2 Å². The van der Waals surface area contributed by atoms with E-state index in [1.165, 1.54) is 0 Å². The highest BCUT2D eigenvalue weighted by atomic mass is 127. The number of piperidine rings is 1. The number of aromatic nitrogens is 2. The van der Waals surface area contributed by atoms with Crippen molar-refractivity contribution in [3.63, 3.8) is 0 Å². The highest BCUT2D eigenvalue weighted by Crippen LogP contribution is 2.23. The Morgan fingerprint density at radius 3 is 2.50 bits per heavy atom. The Kier molecular flexibility index (Phi) is 9.10. The highest BCUT2D eigenvalue weighted by molar-refractivity contribution is 14.0. The van der Waals surface area contributed by atoms with Gasteiger partial charge in [-0.05, 0) is 42.5 Å². The number of rotatable bonds is 6. The summed E-state index contributed by atoms with van der Waals surface area (Å²) in [4.78, 5) is 4.58. The molecule has 0 bridgehead atoms. The Labute approximate surface area is 196 Å². The summed E-state index contributed by atoms with van der Waals surface area (Å²) in [7, 11) is 0.195. The Balaban J connectivity index is 0.00000320. The van der Waals surface area contributed by atoms with Gasteiger partial charge in [-0.2, -0.15) is 9.40 Å². The van der Waals surface area contributed by atoms with Crippen molar-refractivity contribution in [2.45, 2.75) is 37.8 Å². The maximum Gasteiger partial charge on any atom is 0.243 e. The molecule has 10 heteroatoms. The molecule has 3 rings (SSSR count). The second-order valence-electron chi connectivity index (χ2n) is 7.48. The molecule has 0 amide bonds. The molecule has 0 aliphatic carbocycles. The van der Waals surface area contributed by atoms with Crippen molar-refractivity contribution in [2.24, 2.45) is 18.0 Å².